The summed E-state index contributed by atoms with van der Waals surface area (Å²) in [5.74, 6) is -0.633. The van der Waals surface area contributed by atoms with Crippen molar-refractivity contribution in [3.8, 4) is 0 Å². The summed E-state index contributed by atoms with van der Waals surface area (Å²) in [5, 5.41) is 0. The number of carbonyl (C=O) groups is 2. The zero-order valence-corrected chi connectivity index (χ0v) is 14.5. The summed E-state index contributed by atoms with van der Waals surface area (Å²) in [6.07, 6.45) is -0.773. The van der Waals surface area contributed by atoms with Crippen molar-refractivity contribution < 1.29 is 22.8 Å². The van der Waals surface area contributed by atoms with Gasteiger partial charge in [0.25, 0.3) is 0 Å². The largest absolute Gasteiger partial charge is 0.416 e. The van der Waals surface area contributed by atoms with Gasteiger partial charge in [0.1, 0.15) is 5.41 Å². The topological polar surface area (TPSA) is 63.4 Å². The molecule has 1 aliphatic heterocycles. The number of likely N-dealkylation sites (tertiary alicyclic amines) is 1. The van der Waals surface area contributed by atoms with Crippen LogP contribution in [0.5, 0.6) is 0 Å². The number of hydrogen-bond donors (Lipinski definition) is 1. The number of piperidine rings is 1. The van der Waals surface area contributed by atoms with E-state index in [4.69, 9.17) is 5.73 Å². The highest BCUT2D eigenvalue weighted by Crippen LogP contribution is 2.47. The standard InChI is InChI=1S/C19H23F3N2O2/c20-19(21,22)15-6-2-1-5-14(15)8-7-13-4-3-11-24(12-13)17(26)18(9-10-18)16(23)25/h1-2,5-6,13H,3-4,7-12H2,(H2,23,25)/t13-/m1/s1. The van der Waals surface area contributed by atoms with Crippen LogP contribution in [0.4, 0.5) is 13.2 Å². The molecule has 2 amide bonds. The Morgan fingerprint density at radius 1 is 1.23 bits per heavy atom. The lowest BCUT2D eigenvalue weighted by Crippen LogP contribution is -2.47. The van der Waals surface area contributed by atoms with E-state index in [2.05, 4.69) is 0 Å². The van der Waals surface area contributed by atoms with Crippen LogP contribution in [0.1, 0.15) is 43.2 Å². The van der Waals surface area contributed by atoms with Crippen LogP contribution in [0, 0.1) is 11.3 Å². The molecule has 2 fully saturated rings. The van der Waals surface area contributed by atoms with Gasteiger partial charge in [0.2, 0.25) is 11.8 Å². The summed E-state index contributed by atoms with van der Waals surface area (Å²) in [6, 6.07) is 5.63. The molecule has 0 aromatic heterocycles. The van der Waals surface area contributed by atoms with E-state index in [-0.39, 0.29) is 11.8 Å². The Hall–Kier alpha value is -2.05. The molecule has 0 bridgehead atoms. The van der Waals surface area contributed by atoms with E-state index < -0.39 is 23.1 Å². The predicted molar refractivity (Wildman–Crippen MR) is 89.9 cm³/mol. The van der Waals surface area contributed by atoms with E-state index in [9.17, 15) is 22.8 Å². The first-order valence-electron chi connectivity index (χ1n) is 8.98. The molecule has 1 aromatic carbocycles. The lowest BCUT2D eigenvalue weighted by molar-refractivity contribution is -0.144. The number of rotatable bonds is 5. The van der Waals surface area contributed by atoms with Gasteiger partial charge in [-0.3, -0.25) is 9.59 Å². The molecule has 1 atom stereocenters. The Kier molecular flexibility index (Phi) is 4.99. The van der Waals surface area contributed by atoms with Crippen molar-refractivity contribution in [2.45, 2.75) is 44.7 Å². The summed E-state index contributed by atoms with van der Waals surface area (Å²) >= 11 is 0. The molecule has 142 valence electrons. The number of halogens is 3. The van der Waals surface area contributed by atoms with Gasteiger partial charge in [-0.2, -0.15) is 13.2 Å². The quantitative estimate of drug-likeness (QED) is 0.812. The fraction of sp³-hybridized carbons (Fsp3) is 0.579. The van der Waals surface area contributed by atoms with Crippen molar-refractivity contribution in [1.82, 2.24) is 4.90 Å². The van der Waals surface area contributed by atoms with Crippen LogP contribution in [0.2, 0.25) is 0 Å². The second-order valence-corrected chi connectivity index (χ2v) is 7.40. The number of nitrogens with two attached hydrogens (primary N) is 1. The fourth-order valence-corrected chi connectivity index (χ4v) is 3.85. The van der Waals surface area contributed by atoms with Gasteiger partial charge in [-0.05, 0) is 56.1 Å². The Bertz CT molecular complexity index is 698. The van der Waals surface area contributed by atoms with Crippen molar-refractivity contribution >= 4 is 11.8 Å². The molecule has 26 heavy (non-hydrogen) atoms. The number of nitrogens with zero attached hydrogens (tertiary/aromatic N) is 1. The third-order valence-corrected chi connectivity index (χ3v) is 5.58. The molecule has 0 unspecified atom stereocenters. The van der Waals surface area contributed by atoms with Gasteiger partial charge in [0.05, 0.1) is 5.56 Å². The van der Waals surface area contributed by atoms with Gasteiger partial charge in [-0.15, -0.1) is 0 Å². The maximum absolute atomic E-state index is 13.1. The van der Waals surface area contributed by atoms with Crippen LogP contribution in [-0.4, -0.2) is 29.8 Å². The van der Waals surface area contributed by atoms with Gasteiger partial charge >= 0.3 is 6.18 Å². The van der Waals surface area contributed by atoms with Gasteiger partial charge in [-0.1, -0.05) is 18.2 Å². The van der Waals surface area contributed by atoms with Crippen molar-refractivity contribution in [2.75, 3.05) is 13.1 Å². The average molecular weight is 368 g/mol. The molecule has 0 radical (unpaired) electrons. The van der Waals surface area contributed by atoms with E-state index >= 15 is 0 Å². The lowest BCUT2D eigenvalue weighted by Gasteiger charge is -2.34. The van der Waals surface area contributed by atoms with E-state index in [1.54, 1.807) is 11.0 Å². The van der Waals surface area contributed by atoms with Gasteiger partial charge in [0, 0.05) is 13.1 Å². The number of alkyl halides is 3. The Labute approximate surface area is 150 Å². The highest BCUT2D eigenvalue weighted by atomic mass is 19.4. The number of aryl methyl sites for hydroxylation is 1. The molecule has 1 aliphatic carbocycles. The summed E-state index contributed by atoms with van der Waals surface area (Å²) in [6.45, 7) is 1.07. The van der Waals surface area contributed by atoms with E-state index in [1.807, 2.05) is 0 Å². The van der Waals surface area contributed by atoms with Crippen LogP contribution < -0.4 is 5.73 Å². The van der Waals surface area contributed by atoms with Crippen LogP contribution >= 0.6 is 0 Å². The number of amides is 2. The molecule has 2 N–H and O–H groups in total. The predicted octanol–water partition coefficient (Wildman–Crippen LogP) is 3.14. The molecule has 2 aliphatic rings. The third kappa shape index (κ3) is 3.71. The fourth-order valence-electron chi connectivity index (χ4n) is 3.85. The van der Waals surface area contributed by atoms with Gasteiger partial charge in [-0.25, -0.2) is 0 Å². The van der Waals surface area contributed by atoms with Crippen LogP contribution in [0.25, 0.3) is 0 Å². The summed E-state index contributed by atoms with van der Waals surface area (Å²) in [7, 11) is 0. The molecule has 7 heteroatoms. The van der Waals surface area contributed by atoms with Crippen LogP contribution in [0.15, 0.2) is 24.3 Å². The molecular weight excluding hydrogens is 345 g/mol. The molecule has 1 heterocycles. The molecule has 3 rings (SSSR count). The second-order valence-electron chi connectivity index (χ2n) is 7.40. The van der Waals surface area contributed by atoms with Crippen molar-refractivity contribution in [1.29, 1.82) is 0 Å². The lowest BCUT2D eigenvalue weighted by atomic mass is 9.89. The summed E-state index contributed by atoms with van der Waals surface area (Å²) in [4.78, 5) is 25.8. The Morgan fingerprint density at radius 2 is 1.92 bits per heavy atom. The Balaban J connectivity index is 1.62. The minimum atomic E-state index is -4.36. The first-order chi connectivity index (χ1) is 12.2. The minimum absolute atomic E-state index is 0.137. The van der Waals surface area contributed by atoms with Crippen LogP contribution in [0.3, 0.4) is 0 Å². The maximum Gasteiger partial charge on any atom is 0.416 e. The molecule has 4 nitrogen and oxygen atoms in total. The van der Waals surface area contributed by atoms with Crippen LogP contribution in [-0.2, 0) is 22.2 Å². The SMILES string of the molecule is NC(=O)C1(C(=O)N2CCC[C@H](CCc3ccccc3C(F)(F)F)C2)CC1. The molecule has 1 aromatic rings. The summed E-state index contributed by atoms with van der Waals surface area (Å²) in [5.41, 5.74) is 4.05. The first-order valence-corrected chi connectivity index (χ1v) is 8.98. The first kappa shape index (κ1) is 18.7. The normalized spacial score (nSPS) is 22.1. The molecular formula is C19H23F3N2O2. The number of carbonyl (C=O) groups excluding carboxylic acids is 2. The van der Waals surface area contributed by atoms with E-state index in [0.717, 1.165) is 18.9 Å². The number of benzene rings is 1. The molecule has 1 saturated heterocycles. The minimum Gasteiger partial charge on any atom is -0.369 e. The second kappa shape index (κ2) is 6.93. The van der Waals surface area contributed by atoms with E-state index in [0.29, 0.717) is 44.3 Å². The van der Waals surface area contributed by atoms with Gasteiger partial charge < -0.3 is 10.6 Å². The highest BCUT2D eigenvalue weighted by molar-refractivity contribution is 6.07. The zero-order valence-electron chi connectivity index (χ0n) is 14.5. The van der Waals surface area contributed by atoms with Crippen molar-refractivity contribution in [3.05, 3.63) is 35.4 Å². The number of hydrogen-bond acceptors (Lipinski definition) is 2. The smallest absolute Gasteiger partial charge is 0.369 e. The van der Waals surface area contributed by atoms with Crippen molar-refractivity contribution in [2.24, 2.45) is 17.1 Å². The highest BCUT2D eigenvalue weighted by Gasteiger charge is 2.57. The Morgan fingerprint density at radius 3 is 2.54 bits per heavy atom. The van der Waals surface area contributed by atoms with Gasteiger partial charge in [0.15, 0.2) is 0 Å². The monoisotopic (exact) mass is 368 g/mol. The van der Waals surface area contributed by atoms with Crippen molar-refractivity contribution in [3.63, 3.8) is 0 Å². The average Bonchev–Trinajstić information content (AvgIpc) is 3.41. The van der Waals surface area contributed by atoms with E-state index in [1.165, 1.54) is 12.1 Å². The number of primary amides is 1. The zero-order chi connectivity index (χ0) is 18.9. The molecule has 1 saturated carbocycles. The maximum atomic E-state index is 13.1. The summed E-state index contributed by atoms with van der Waals surface area (Å²) < 4.78 is 39.3. The molecule has 0 spiro atoms. The third-order valence-electron chi connectivity index (χ3n) is 5.58.